The number of hydrogen-bond acceptors (Lipinski definition) is 7. The molecular formula is C20H17ClN6O2. The normalized spacial score (nSPS) is 12.7. The number of nitrogens with one attached hydrogen (secondary N) is 2. The van der Waals surface area contributed by atoms with Crippen LogP contribution in [0.4, 0.5) is 17.2 Å². The number of anilines is 3. The lowest BCUT2D eigenvalue weighted by Crippen LogP contribution is -2.15. The SMILES string of the molecule is Clc1cccc(Nc2ccc3nnc(CNc4ccc5c(c4)OCCO5)n3n2)c1. The van der Waals surface area contributed by atoms with Crippen molar-refractivity contribution in [2.45, 2.75) is 6.54 Å². The lowest BCUT2D eigenvalue weighted by atomic mass is 10.2. The minimum atomic E-state index is 0.453. The highest BCUT2D eigenvalue weighted by molar-refractivity contribution is 6.30. The van der Waals surface area contributed by atoms with E-state index in [1.807, 2.05) is 54.6 Å². The molecule has 2 aromatic heterocycles. The molecule has 1 aliphatic heterocycles. The van der Waals surface area contributed by atoms with Crippen molar-refractivity contribution in [3.05, 3.63) is 65.4 Å². The molecule has 1 aliphatic rings. The van der Waals surface area contributed by atoms with E-state index in [1.54, 1.807) is 4.52 Å². The molecular weight excluding hydrogens is 392 g/mol. The third kappa shape index (κ3) is 3.74. The van der Waals surface area contributed by atoms with E-state index in [0.717, 1.165) is 22.9 Å². The van der Waals surface area contributed by atoms with Crippen LogP contribution in [-0.4, -0.2) is 33.0 Å². The van der Waals surface area contributed by atoms with E-state index in [9.17, 15) is 0 Å². The molecule has 4 aromatic rings. The molecule has 2 aromatic carbocycles. The maximum absolute atomic E-state index is 6.05. The second-order valence-corrected chi connectivity index (χ2v) is 6.89. The van der Waals surface area contributed by atoms with Gasteiger partial charge in [-0.15, -0.1) is 15.3 Å². The van der Waals surface area contributed by atoms with E-state index >= 15 is 0 Å². The minimum Gasteiger partial charge on any atom is -0.486 e. The van der Waals surface area contributed by atoms with Crippen molar-refractivity contribution < 1.29 is 9.47 Å². The molecule has 2 N–H and O–H groups in total. The molecule has 3 heterocycles. The van der Waals surface area contributed by atoms with E-state index in [0.29, 0.717) is 42.1 Å². The molecule has 0 unspecified atom stereocenters. The van der Waals surface area contributed by atoms with Crippen molar-refractivity contribution >= 4 is 34.4 Å². The summed E-state index contributed by atoms with van der Waals surface area (Å²) in [7, 11) is 0. The number of halogens is 1. The zero-order valence-corrected chi connectivity index (χ0v) is 16.1. The lowest BCUT2D eigenvalue weighted by Gasteiger charge is -2.19. The van der Waals surface area contributed by atoms with Gasteiger partial charge in [0, 0.05) is 22.5 Å². The average Bonchev–Trinajstić information content (AvgIpc) is 3.14. The number of rotatable bonds is 5. The number of ether oxygens (including phenoxy) is 2. The fraction of sp³-hybridized carbons (Fsp3) is 0.150. The van der Waals surface area contributed by atoms with Gasteiger partial charge in [0.05, 0.1) is 6.54 Å². The average molecular weight is 409 g/mol. The Hall–Kier alpha value is -3.52. The maximum Gasteiger partial charge on any atom is 0.178 e. The van der Waals surface area contributed by atoms with Crippen molar-refractivity contribution in [1.82, 2.24) is 19.8 Å². The Morgan fingerprint density at radius 1 is 0.931 bits per heavy atom. The number of aromatic nitrogens is 4. The van der Waals surface area contributed by atoms with Crippen molar-refractivity contribution in [3.63, 3.8) is 0 Å². The van der Waals surface area contributed by atoms with E-state index < -0.39 is 0 Å². The third-order valence-electron chi connectivity index (χ3n) is 4.42. The summed E-state index contributed by atoms with van der Waals surface area (Å²) in [6.07, 6.45) is 0. The van der Waals surface area contributed by atoms with E-state index in [-0.39, 0.29) is 0 Å². The number of hydrogen-bond donors (Lipinski definition) is 2. The quantitative estimate of drug-likeness (QED) is 0.517. The molecule has 0 fully saturated rings. The third-order valence-corrected chi connectivity index (χ3v) is 4.65. The van der Waals surface area contributed by atoms with Crippen LogP contribution >= 0.6 is 11.6 Å². The number of fused-ring (bicyclic) bond motifs is 2. The highest BCUT2D eigenvalue weighted by Crippen LogP contribution is 2.32. The standard InChI is InChI=1S/C20H17ClN6O2/c21-13-2-1-3-15(10-13)23-18-6-7-19-24-25-20(27(19)26-18)12-22-14-4-5-16-17(11-14)29-9-8-28-16/h1-7,10-11,22H,8-9,12H2,(H,23,26). The fourth-order valence-corrected chi connectivity index (χ4v) is 3.25. The second-order valence-electron chi connectivity index (χ2n) is 6.45. The molecule has 0 spiro atoms. The van der Waals surface area contributed by atoms with Gasteiger partial charge in [-0.25, -0.2) is 0 Å². The van der Waals surface area contributed by atoms with Crippen molar-refractivity contribution in [1.29, 1.82) is 0 Å². The summed E-state index contributed by atoms with van der Waals surface area (Å²) in [5.41, 5.74) is 2.42. The molecule has 0 saturated carbocycles. The predicted octanol–water partition coefficient (Wildman–Crippen LogP) is 3.90. The van der Waals surface area contributed by atoms with E-state index in [4.69, 9.17) is 21.1 Å². The second kappa shape index (κ2) is 7.48. The van der Waals surface area contributed by atoms with Crippen molar-refractivity contribution in [2.75, 3.05) is 23.8 Å². The largest absolute Gasteiger partial charge is 0.486 e. The van der Waals surface area contributed by atoms with Crippen LogP contribution in [0.5, 0.6) is 11.5 Å². The summed E-state index contributed by atoms with van der Waals surface area (Å²) in [6.45, 7) is 1.58. The summed E-state index contributed by atoms with van der Waals surface area (Å²) in [5.74, 6) is 2.84. The smallest absolute Gasteiger partial charge is 0.178 e. The molecule has 8 nitrogen and oxygen atoms in total. The highest BCUT2D eigenvalue weighted by Gasteiger charge is 2.13. The highest BCUT2D eigenvalue weighted by atomic mass is 35.5. The Kier molecular flexibility index (Phi) is 4.53. The number of nitrogens with zero attached hydrogens (tertiary/aromatic N) is 4. The Bertz CT molecular complexity index is 1180. The number of benzene rings is 2. The first-order valence-electron chi connectivity index (χ1n) is 9.12. The molecule has 0 radical (unpaired) electrons. The molecule has 0 atom stereocenters. The van der Waals surface area contributed by atoms with Crippen LogP contribution in [0.25, 0.3) is 5.65 Å². The Balaban J connectivity index is 1.35. The van der Waals surface area contributed by atoms with Crippen LogP contribution in [-0.2, 0) is 6.54 Å². The Morgan fingerprint density at radius 3 is 2.72 bits per heavy atom. The first kappa shape index (κ1) is 17.6. The molecule has 0 saturated heterocycles. The monoisotopic (exact) mass is 408 g/mol. The van der Waals surface area contributed by atoms with Gasteiger partial charge in [0.1, 0.15) is 13.2 Å². The van der Waals surface area contributed by atoms with Crippen molar-refractivity contribution in [2.24, 2.45) is 0 Å². The summed E-state index contributed by atoms with van der Waals surface area (Å²) < 4.78 is 12.9. The van der Waals surface area contributed by atoms with Gasteiger partial charge in [0.15, 0.2) is 28.8 Å². The van der Waals surface area contributed by atoms with Crippen LogP contribution in [0.2, 0.25) is 5.02 Å². The fourth-order valence-electron chi connectivity index (χ4n) is 3.06. The van der Waals surface area contributed by atoms with Crippen LogP contribution < -0.4 is 20.1 Å². The summed E-state index contributed by atoms with van der Waals surface area (Å²) >= 11 is 6.05. The first-order valence-corrected chi connectivity index (χ1v) is 9.50. The van der Waals surface area contributed by atoms with Crippen LogP contribution in [0.15, 0.2) is 54.6 Å². The molecule has 5 rings (SSSR count). The van der Waals surface area contributed by atoms with Crippen LogP contribution in [0.3, 0.4) is 0 Å². The van der Waals surface area contributed by atoms with Gasteiger partial charge in [-0.05, 0) is 42.5 Å². The van der Waals surface area contributed by atoms with E-state index in [2.05, 4.69) is 25.9 Å². The molecule has 0 amide bonds. The summed E-state index contributed by atoms with van der Waals surface area (Å²) in [4.78, 5) is 0. The minimum absolute atomic E-state index is 0.453. The topological polar surface area (TPSA) is 85.6 Å². The molecule has 0 bridgehead atoms. The summed E-state index contributed by atoms with van der Waals surface area (Å²) in [5, 5.41) is 20.2. The van der Waals surface area contributed by atoms with Gasteiger partial charge in [0.2, 0.25) is 0 Å². The Morgan fingerprint density at radius 2 is 1.83 bits per heavy atom. The van der Waals surface area contributed by atoms with Gasteiger partial charge in [-0.3, -0.25) is 0 Å². The molecule has 9 heteroatoms. The van der Waals surface area contributed by atoms with Crippen molar-refractivity contribution in [3.8, 4) is 11.5 Å². The lowest BCUT2D eigenvalue weighted by molar-refractivity contribution is 0.171. The predicted molar refractivity (Wildman–Crippen MR) is 110 cm³/mol. The molecule has 0 aliphatic carbocycles. The summed E-state index contributed by atoms with van der Waals surface area (Å²) in [6, 6.07) is 16.9. The zero-order chi connectivity index (χ0) is 19.6. The first-order chi connectivity index (χ1) is 14.2. The van der Waals surface area contributed by atoms with E-state index in [1.165, 1.54) is 0 Å². The zero-order valence-electron chi connectivity index (χ0n) is 15.3. The van der Waals surface area contributed by atoms with Gasteiger partial charge < -0.3 is 20.1 Å². The van der Waals surface area contributed by atoms with Crippen LogP contribution in [0.1, 0.15) is 5.82 Å². The molecule has 29 heavy (non-hydrogen) atoms. The molecule has 146 valence electrons. The maximum atomic E-state index is 6.05. The Labute approximate surface area is 171 Å². The van der Waals surface area contributed by atoms with Crippen LogP contribution in [0, 0.1) is 0 Å². The van der Waals surface area contributed by atoms with Gasteiger partial charge in [-0.1, -0.05) is 17.7 Å². The van der Waals surface area contributed by atoms with Gasteiger partial charge in [-0.2, -0.15) is 4.52 Å². The van der Waals surface area contributed by atoms with Gasteiger partial charge >= 0.3 is 0 Å². The van der Waals surface area contributed by atoms with Gasteiger partial charge in [0.25, 0.3) is 0 Å².